The van der Waals surface area contributed by atoms with Crippen molar-refractivity contribution in [2.24, 2.45) is 0 Å². The Hall–Kier alpha value is 0.267. The van der Waals surface area contributed by atoms with E-state index in [9.17, 15) is 0 Å². The molecule has 0 saturated carbocycles. The van der Waals surface area contributed by atoms with E-state index in [2.05, 4.69) is 7.05 Å². The number of quaternary nitrogens is 1. The molecule has 0 saturated heterocycles. The Bertz CT molecular complexity index is 216. The van der Waals surface area contributed by atoms with Gasteiger partial charge in [-0.25, -0.2) is 0 Å². The summed E-state index contributed by atoms with van der Waals surface area (Å²) < 4.78 is 17.1. The Balaban J connectivity index is 0. The second-order valence-corrected chi connectivity index (χ2v) is 8.08. The fourth-order valence-electron chi connectivity index (χ4n) is 2.20. The molecule has 124 valence electrons. The molecule has 0 amide bonds. The number of aliphatic hydroxyl groups is 2. The van der Waals surface area contributed by atoms with Gasteiger partial charge in [0.1, 0.15) is 0 Å². The molecule has 0 aromatic heterocycles. The predicted octanol–water partition coefficient (Wildman–Crippen LogP) is -2.92. The lowest BCUT2D eigenvalue weighted by Crippen LogP contribution is -3.00. The van der Waals surface area contributed by atoms with Crippen molar-refractivity contribution in [1.82, 2.24) is 0 Å². The minimum atomic E-state index is -2.55. The van der Waals surface area contributed by atoms with Crippen LogP contribution < -0.4 is 12.4 Å². The first-order valence-electron chi connectivity index (χ1n) is 6.72. The molecular weight excluding hydrogens is 302 g/mol. The van der Waals surface area contributed by atoms with Crippen molar-refractivity contribution < 1.29 is 40.4 Å². The molecule has 0 heterocycles. The Morgan fingerprint density at radius 1 is 0.850 bits per heavy atom. The molecule has 0 rings (SSSR count). The molecule has 0 aliphatic rings. The molecule has 2 N–H and O–H groups in total. The van der Waals surface area contributed by atoms with E-state index in [0.717, 1.165) is 43.0 Å². The van der Waals surface area contributed by atoms with Gasteiger partial charge in [0.2, 0.25) is 0 Å². The van der Waals surface area contributed by atoms with Gasteiger partial charge in [-0.3, -0.25) is 0 Å². The highest BCUT2D eigenvalue weighted by molar-refractivity contribution is 6.60. The Morgan fingerprint density at radius 2 is 1.25 bits per heavy atom. The van der Waals surface area contributed by atoms with E-state index in [1.807, 2.05) is 0 Å². The Labute approximate surface area is 130 Å². The van der Waals surface area contributed by atoms with E-state index in [0.29, 0.717) is 0 Å². The largest absolute Gasteiger partial charge is 1.00 e. The third kappa shape index (κ3) is 7.89. The van der Waals surface area contributed by atoms with Crippen molar-refractivity contribution in [1.29, 1.82) is 0 Å². The lowest BCUT2D eigenvalue weighted by atomic mass is 10.3. The van der Waals surface area contributed by atoms with E-state index < -0.39 is 8.80 Å². The van der Waals surface area contributed by atoms with Gasteiger partial charge in [0.15, 0.2) is 0 Å². The molecule has 20 heavy (non-hydrogen) atoms. The van der Waals surface area contributed by atoms with Crippen molar-refractivity contribution in [3.63, 3.8) is 0 Å². The predicted molar refractivity (Wildman–Crippen MR) is 75.8 cm³/mol. The van der Waals surface area contributed by atoms with Gasteiger partial charge < -0.3 is 40.4 Å². The van der Waals surface area contributed by atoms with Crippen LogP contribution in [0.2, 0.25) is 6.04 Å². The SMILES string of the molecule is CO[Si](CC[N+](C)(CCCO)CCCO)(OC)OC.[Cl-]. The maximum absolute atomic E-state index is 9.00. The first kappa shape index (κ1) is 22.5. The first-order valence-corrected chi connectivity index (χ1v) is 8.65. The second-order valence-electron chi connectivity index (χ2n) is 4.99. The summed E-state index contributed by atoms with van der Waals surface area (Å²) in [5.74, 6) is 0. The minimum Gasteiger partial charge on any atom is -1.00 e. The molecule has 0 aliphatic heterocycles. The van der Waals surface area contributed by atoms with Gasteiger partial charge in [0.05, 0.1) is 32.7 Å². The number of rotatable bonds is 12. The van der Waals surface area contributed by atoms with E-state index in [4.69, 9.17) is 23.5 Å². The van der Waals surface area contributed by atoms with Crippen molar-refractivity contribution >= 4 is 8.80 Å². The molecule has 0 spiro atoms. The van der Waals surface area contributed by atoms with Gasteiger partial charge in [-0.05, 0) is 0 Å². The molecule has 0 unspecified atom stereocenters. The summed E-state index contributed by atoms with van der Waals surface area (Å²) in [6.45, 7) is 2.97. The van der Waals surface area contributed by atoms with E-state index >= 15 is 0 Å². The highest BCUT2D eigenvalue weighted by Gasteiger charge is 2.40. The summed E-state index contributed by atoms with van der Waals surface area (Å²) in [7, 11) is 4.43. The van der Waals surface area contributed by atoms with Gasteiger partial charge in [-0.2, -0.15) is 0 Å². The highest BCUT2D eigenvalue weighted by Crippen LogP contribution is 2.17. The van der Waals surface area contributed by atoms with Crippen LogP contribution in [0, 0.1) is 0 Å². The molecular formula is C12H30ClNO5Si. The molecule has 6 nitrogen and oxygen atoms in total. The lowest BCUT2D eigenvalue weighted by Gasteiger charge is -2.36. The molecule has 0 radical (unpaired) electrons. The zero-order valence-electron chi connectivity index (χ0n) is 13.1. The van der Waals surface area contributed by atoms with Gasteiger partial charge in [0, 0.05) is 47.4 Å². The molecule has 0 fully saturated rings. The van der Waals surface area contributed by atoms with Crippen molar-refractivity contribution in [3.8, 4) is 0 Å². The standard InChI is InChI=1S/C12H30NO5Si.ClH/c1-13(7-5-10-14,8-6-11-15)9-12-19(16-2,17-3)18-4;/h14-15H,5-12H2,1-4H3;1H/q+1;/p-1. The van der Waals surface area contributed by atoms with Crippen LogP contribution in [-0.2, 0) is 13.3 Å². The zero-order valence-corrected chi connectivity index (χ0v) is 14.9. The zero-order chi connectivity index (χ0) is 14.8. The van der Waals surface area contributed by atoms with Gasteiger partial charge in [-0.1, -0.05) is 0 Å². The fraction of sp³-hybridized carbons (Fsp3) is 1.00. The van der Waals surface area contributed by atoms with Crippen LogP contribution in [0.15, 0.2) is 0 Å². The lowest BCUT2D eigenvalue weighted by molar-refractivity contribution is -0.908. The molecule has 0 atom stereocenters. The summed E-state index contributed by atoms with van der Waals surface area (Å²) in [5.41, 5.74) is 0. The van der Waals surface area contributed by atoms with Crippen LogP contribution in [0.25, 0.3) is 0 Å². The third-order valence-electron chi connectivity index (χ3n) is 3.60. The summed E-state index contributed by atoms with van der Waals surface area (Å²) in [6.07, 6.45) is 1.51. The van der Waals surface area contributed by atoms with Gasteiger partial charge in [-0.15, -0.1) is 0 Å². The van der Waals surface area contributed by atoms with Crippen molar-refractivity contribution in [2.75, 3.05) is 61.2 Å². The molecule has 0 aromatic carbocycles. The minimum absolute atomic E-state index is 0. The van der Waals surface area contributed by atoms with E-state index in [-0.39, 0.29) is 25.6 Å². The monoisotopic (exact) mass is 331 g/mol. The maximum Gasteiger partial charge on any atom is 0.505 e. The van der Waals surface area contributed by atoms with E-state index in [1.165, 1.54) is 0 Å². The molecule has 0 aromatic rings. The number of nitrogens with zero attached hydrogens (tertiary/aromatic N) is 1. The second kappa shape index (κ2) is 11.9. The molecule has 8 heteroatoms. The third-order valence-corrected chi connectivity index (χ3v) is 6.30. The number of hydrogen-bond acceptors (Lipinski definition) is 5. The average molecular weight is 332 g/mol. The summed E-state index contributed by atoms with van der Waals surface area (Å²) in [5, 5.41) is 18.0. The van der Waals surface area contributed by atoms with Crippen LogP contribution in [0.4, 0.5) is 0 Å². The fourth-order valence-corrected chi connectivity index (χ4v) is 4.13. The van der Waals surface area contributed by atoms with Crippen LogP contribution >= 0.6 is 0 Å². The van der Waals surface area contributed by atoms with Crippen LogP contribution in [-0.4, -0.2) is 84.7 Å². The maximum atomic E-state index is 9.00. The average Bonchev–Trinajstić information content (AvgIpc) is 2.45. The van der Waals surface area contributed by atoms with Gasteiger partial charge >= 0.3 is 8.80 Å². The normalized spacial score (nSPS) is 12.3. The van der Waals surface area contributed by atoms with Gasteiger partial charge in [0.25, 0.3) is 0 Å². The Kier molecular flexibility index (Phi) is 13.4. The summed E-state index contributed by atoms with van der Waals surface area (Å²) in [6, 6.07) is 0.726. The smallest absolute Gasteiger partial charge is 0.505 e. The van der Waals surface area contributed by atoms with Crippen molar-refractivity contribution in [2.45, 2.75) is 18.9 Å². The van der Waals surface area contributed by atoms with E-state index in [1.54, 1.807) is 21.3 Å². The first-order chi connectivity index (χ1) is 9.01. The summed E-state index contributed by atoms with van der Waals surface area (Å²) in [4.78, 5) is 0. The number of halogens is 1. The van der Waals surface area contributed by atoms with Crippen LogP contribution in [0.3, 0.4) is 0 Å². The van der Waals surface area contributed by atoms with Crippen LogP contribution in [0.1, 0.15) is 12.8 Å². The van der Waals surface area contributed by atoms with Crippen LogP contribution in [0.5, 0.6) is 0 Å². The highest BCUT2D eigenvalue weighted by atomic mass is 35.5. The number of aliphatic hydroxyl groups excluding tert-OH is 2. The topological polar surface area (TPSA) is 68.2 Å². The molecule has 0 aliphatic carbocycles. The number of hydrogen-bond donors (Lipinski definition) is 2. The summed E-state index contributed by atoms with van der Waals surface area (Å²) >= 11 is 0. The quantitative estimate of drug-likeness (QED) is 0.296. The Morgan fingerprint density at radius 3 is 1.55 bits per heavy atom. The van der Waals surface area contributed by atoms with Crippen molar-refractivity contribution in [3.05, 3.63) is 0 Å². The molecule has 0 bridgehead atoms.